The maximum Gasteiger partial charge on any atom is 0.246 e. The number of nitrogens with one attached hydrogen (secondary N) is 9. The van der Waals surface area contributed by atoms with E-state index in [2.05, 4.69) is 53.3 Å². The maximum atomic E-state index is 15.4. The van der Waals surface area contributed by atoms with Crippen LogP contribution < -0.4 is 47.7 Å². The van der Waals surface area contributed by atoms with E-state index in [0.29, 0.717) is 102 Å². The molecule has 0 unspecified atom stereocenters. The van der Waals surface area contributed by atoms with Gasteiger partial charge in [0.1, 0.15) is 59.4 Å². The molecule has 13 N–H and O–H groups in total. The molecule has 1 aliphatic carbocycles. The number of aliphatic hydroxyl groups is 2. The Labute approximate surface area is 559 Å². The summed E-state index contributed by atoms with van der Waals surface area (Å²) in [6.45, 7) is 4.80. The van der Waals surface area contributed by atoms with Crippen molar-refractivity contribution in [1.29, 1.82) is 0 Å². The summed E-state index contributed by atoms with van der Waals surface area (Å²) in [5.41, 5.74) is 10.4. The first-order chi connectivity index (χ1) is 45.6. The Hall–Kier alpha value is -8.24. The highest BCUT2D eigenvalue weighted by Gasteiger charge is 2.49. The van der Waals surface area contributed by atoms with Crippen LogP contribution in [0.15, 0.2) is 85.2 Å². The minimum absolute atomic E-state index is 0.0710. The van der Waals surface area contributed by atoms with E-state index in [4.69, 9.17) is 10.5 Å². The summed E-state index contributed by atoms with van der Waals surface area (Å²) in [5.74, 6) is -4.23. The summed E-state index contributed by atoms with van der Waals surface area (Å²) in [7, 11) is 1.51. The van der Waals surface area contributed by atoms with E-state index in [0.717, 1.165) is 27.3 Å². The molecule has 3 aliphatic heterocycles. The third kappa shape index (κ3) is 18.2. The molecule has 2 aromatic heterocycles. The number of allylic oxidation sites excluding steroid dienone is 1. The van der Waals surface area contributed by atoms with E-state index in [1.165, 1.54) is 44.1 Å². The lowest BCUT2D eigenvalue weighted by molar-refractivity contribution is -0.147. The minimum Gasteiger partial charge on any atom is -0.497 e. The van der Waals surface area contributed by atoms with E-state index in [1.807, 2.05) is 30.4 Å². The highest BCUT2D eigenvalue weighted by molar-refractivity contribution is 7.98. The smallest absolute Gasteiger partial charge is 0.246 e. The number of H-pyrrole nitrogens is 2. The van der Waals surface area contributed by atoms with Gasteiger partial charge in [0.25, 0.3) is 0 Å². The molecular weight excluding hydrogens is 1260 g/mol. The predicted molar refractivity (Wildman–Crippen MR) is 360 cm³/mol. The zero-order chi connectivity index (χ0) is 67.9. The minimum atomic E-state index is -1.74. The molecule has 95 heavy (non-hydrogen) atoms. The monoisotopic (exact) mass is 1350 g/mol. The lowest BCUT2D eigenvalue weighted by atomic mass is 9.95. The number of halogens is 1. The number of rotatable bonds is 12. The number of amides is 9. The molecule has 0 saturated carbocycles. The summed E-state index contributed by atoms with van der Waals surface area (Å²) >= 11 is 3.17. The molecule has 9 amide bonds. The van der Waals surface area contributed by atoms with Crippen molar-refractivity contribution in [1.82, 2.24) is 57.0 Å². The fourth-order valence-electron chi connectivity index (χ4n) is 12.7. The molecule has 510 valence electrons. The van der Waals surface area contributed by atoms with E-state index < -0.39 is 114 Å². The SMILES string of the molecule is COc1ccc(C[C@@H]2NC(=O)[C@@H]([C@H](C)O)NC(=O)[C@@H]3C[C@@H](O)CN3C(=O)[C@H](Cc3c[nH]c4c3CC=C4)NC(=O)[C@H](Cc3c[nH]c4ccc(F)cc34)NC(=O)[C@@H](C)NC(=O)[C@H](CCCCN)NC(=O)CCSCc3cccc(c3)CSCCNC(=O)[C@]3(C)CCCN3C2=O)cc1. The van der Waals surface area contributed by atoms with Crippen LogP contribution in [0.3, 0.4) is 0 Å². The van der Waals surface area contributed by atoms with E-state index >= 15 is 14.4 Å². The first-order valence-corrected chi connectivity index (χ1v) is 34.7. The third-order valence-corrected chi connectivity index (χ3v) is 20.0. The number of nitrogens with two attached hydrogens (primary N) is 1. The van der Waals surface area contributed by atoms with Gasteiger partial charge in [-0.2, -0.15) is 23.5 Å². The van der Waals surface area contributed by atoms with Crippen LogP contribution in [0.1, 0.15) is 105 Å². The summed E-state index contributed by atoms with van der Waals surface area (Å²) in [6.07, 6.45) is 5.99. The number of hydrogen-bond acceptors (Lipinski definition) is 15. The molecule has 4 aliphatic rings. The number of aliphatic hydroxyl groups excluding tert-OH is 2. The Bertz CT molecular complexity index is 3620. The second-order valence-electron chi connectivity index (χ2n) is 25.0. The lowest BCUT2D eigenvalue weighted by Gasteiger charge is -2.37. The van der Waals surface area contributed by atoms with Gasteiger partial charge >= 0.3 is 0 Å². The van der Waals surface area contributed by atoms with Gasteiger partial charge in [0.2, 0.25) is 53.2 Å². The highest BCUT2D eigenvalue weighted by Crippen LogP contribution is 2.32. The number of unbranched alkanes of at least 4 members (excludes halogenated alkanes) is 1. The van der Waals surface area contributed by atoms with Crippen molar-refractivity contribution in [3.63, 3.8) is 0 Å². The molecule has 0 spiro atoms. The molecule has 2 bridgehead atoms. The van der Waals surface area contributed by atoms with E-state index in [1.54, 1.807) is 67.1 Å². The Kier molecular flexibility index (Phi) is 24.6. The van der Waals surface area contributed by atoms with Crippen molar-refractivity contribution in [2.24, 2.45) is 5.73 Å². The zero-order valence-corrected chi connectivity index (χ0v) is 55.6. The molecule has 10 atom stereocenters. The normalized spacial score (nSPS) is 25.7. The maximum absolute atomic E-state index is 15.4. The summed E-state index contributed by atoms with van der Waals surface area (Å²) in [6, 6.07) is 9.04. The van der Waals surface area contributed by atoms with E-state index in [-0.39, 0.29) is 56.9 Å². The van der Waals surface area contributed by atoms with Gasteiger partial charge in [-0.3, -0.25) is 43.2 Å². The quantitative estimate of drug-likeness (QED) is 0.0800. The molecule has 5 heterocycles. The van der Waals surface area contributed by atoms with Gasteiger partial charge < -0.3 is 77.7 Å². The fraction of sp³-hybridized carbons (Fsp3) is 0.485. The average molecular weight is 1350 g/mol. The molecule has 2 saturated heterocycles. The molecule has 27 heteroatoms. The van der Waals surface area contributed by atoms with Gasteiger partial charge in [-0.25, -0.2) is 4.39 Å². The Morgan fingerprint density at radius 2 is 1.45 bits per heavy atom. The Morgan fingerprint density at radius 1 is 0.758 bits per heavy atom. The number of ether oxygens (including phenoxy) is 1. The topological polar surface area (TPSA) is 352 Å². The number of carbonyl (C=O) groups excluding carboxylic acids is 9. The van der Waals surface area contributed by atoms with Crippen LogP contribution in [-0.2, 0) is 80.3 Å². The molecule has 2 fully saturated rings. The molecule has 5 aromatic rings. The largest absolute Gasteiger partial charge is 0.497 e. The highest BCUT2D eigenvalue weighted by atomic mass is 32.2. The Balaban J connectivity index is 1.02. The van der Waals surface area contributed by atoms with Crippen LogP contribution in [0.2, 0.25) is 0 Å². The lowest BCUT2D eigenvalue weighted by Crippen LogP contribution is -2.63. The number of fused-ring (bicyclic) bond motifs is 6. The number of nitrogens with zero attached hydrogens (tertiary/aromatic N) is 2. The zero-order valence-electron chi connectivity index (χ0n) is 53.9. The number of aromatic nitrogens is 2. The Morgan fingerprint density at radius 3 is 2.19 bits per heavy atom. The summed E-state index contributed by atoms with van der Waals surface area (Å²) in [4.78, 5) is 140. The number of hydrogen-bond donors (Lipinski definition) is 12. The predicted octanol–water partition coefficient (Wildman–Crippen LogP) is 2.71. The molecule has 9 rings (SSSR count). The number of methoxy groups -OCH3 is 1. The second-order valence-corrected chi connectivity index (χ2v) is 27.2. The number of aromatic amines is 2. The van der Waals surface area contributed by atoms with Crippen molar-refractivity contribution in [3.8, 4) is 5.75 Å². The van der Waals surface area contributed by atoms with Gasteiger partial charge in [0.05, 0.1) is 19.3 Å². The molecular formula is C68H87FN12O12S2. The standard InChI is InChI=1S/C68H87FN12O12S2/c1-39-60(85)76-54(30-45-35-73-52-20-17-46(69)32-50(45)52)62(87)77-56(31-44-34-72-51-14-8-12-49(44)51)65(90)80-36-47(83)33-57(80)63(88)79-59(40(2)82)64(89)78-55(29-41-15-18-48(93-4)19-16-41)66(91)81-25-9-22-68(81,3)67(92)71-24-27-95-38-43-11-7-10-42(28-43)37-94-26-21-58(84)75-53(61(86)74-39)13-5-6-23-70/h7-8,10-11,14-20,28,32,34-35,39-40,47,53-57,59,72-73,82-83H,5-6,9,12-13,21-27,29-31,33,36-38,70H2,1-4H3,(H,71,92)(H,74,86)(H,75,84)(H,76,85)(H,77,87)(H,78,89)(H,79,88)/t39-,40+,47-,53+,54+,55+,56+,57+,59-,68+/m1/s1. The van der Waals surface area contributed by atoms with Crippen LogP contribution in [0.25, 0.3) is 17.0 Å². The number of carbonyl (C=O) groups is 9. The van der Waals surface area contributed by atoms with Crippen molar-refractivity contribution in [2.45, 2.75) is 163 Å². The van der Waals surface area contributed by atoms with Crippen molar-refractivity contribution < 1.29 is 62.5 Å². The van der Waals surface area contributed by atoms with Gasteiger partial charge in [-0.1, -0.05) is 42.5 Å². The van der Waals surface area contributed by atoms with Crippen molar-refractivity contribution in [3.05, 3.63) is 130 Å². The molecule has 3 aromatic carbocycles. The van der Waals surface area contributed by atoms with Crippen LogP contribution >= 0.6 is 23.5 Å². The van der Waals surface area contributed by atoms with Gasteiger partial charge in [0.15, 0.2) is 0 Å². The van der Waals surface area contributed by atoms with Crippen molar-refractivity contribution >= 4 is 93.7 Å². The summed E-state index contributed by atoms with van der Waals surface area (Å²) in [5, 5.41) is 42.6. The summed E-state index contributed by atoms with van der Waals surface area (Å²) < 4.78 is 20.3. The van der Waals surface area contributed by atoms with E-state index in [9.17, 15) is 43.4 Å². The van der Waals surface area contributed by atoms with Crippen LogP contribution in [0.5, 0.6) is 5.75 Å². The van der Waals surface area contributed by atoms with Gasteiger partial charge in [-0.05, 0) is 136 Å². The van der Waals surface area contributed by atoms with Crippen molar-refractivity contribution in [2.75, 3.05) is 44.8 Å². The second kappa shape index (κ2) is 32.9. The average Bonchev–Trinajstić information content (AvgIpc) is 1.72. The first-order valence-electron chi connectivity index (χ1n) is 32.4. The first kappa shape index (κ1) is 71.1. The molecule has 0 radical (unpaired) electrons. The van der Waals surface area contributed by atoms with Crippen LogP contribution in [0, 0.1) is 5.82 Å². The number of benzene rings is 3. The number of thioether (sulfide) groups is 2. The fourth-order valence-corrected chi connectivity index (χ4v) is 14.4. The van der Waals surface area contributed by atoms with Gasteiger partial charge in [-0.15, -0.1) is 0 Å². The molecule has 24 nitrogen and oxygen atoms in total. The van der Waals surface area contributed by atoms with Crippen LogP contribution in [-0.4, -0.2) is 188 Å². The third-order valence-electron chi connectivity index (χ3n) is 18.0. The van der Waals surface area contributed by atoms with Crippen LogP contribution in [0.4, 0.5) is 4.39 Å². The van der Waals surface area contributed by atoms with Gasteiger partial charge in [0, 0.05) is 104 Å².